The van der Waals surface area contributed by atoms with Gasteiger partial charge in [-0.15, -0.1) is 0 Å². The van der Waals surface area contributed by atoms with Gasteiger partial charge in [0, 0.05) is 5.41 Å². The fourth-order valence-corrected chi connectivity index (χ4v) is 1.72. The third-order valence-corrected chi connectivity index (χ3v) is 2.77. The van der Waals surface area contributed by atoms with Crippen molar-refractivity contribution in [3.8, 4) is 5.69 Å². The van der Waals surface area contributed by atoms with Gasteiger partial charge in [-0.1, -0.05) is 39.0 Å². The largest absolute Gasteiger partial charge is 0.433 e. The van der Waals surface area contributed by atoms with Crippen LogP contribution in [0.5, 0.6) is 0 Å². The lowest BCUT2D eigenvalue weighted by molar-refractivity contribution is -0.142. The second kappa shape index (κ2) is 4.40. The predicted molar refractivity (Wildman–Crippen MR) is 67.3 cm³/mol. The SMILES string of the molecule is CC(C)(C)c1cc(C(F)(F)F)n(-c2ccccc2)n1. The number of para-hydroxylation sites is 1. The molecule has 1 aromatic carbocycles. The smallest absolute Gasteiger partial charge is 0.228 e. The lowest BCUT2D eigenvalue weighted by Crippen LogP contribution is -2.13. The number of nitrogens with zero attached hydrogens (tertiary/aromatic N) is 2. The summed E-state index contributed by atoms with van der Waals surface area (Å²) in [7, 11) is 0. The fourth-order valence-electron chi connectivity index (χ4n) is 1.72. The van der Waals surface area contributed by atoms with Crippen LogP contribution in [0.1, 0.15) is 32.2 Å². The van der Waals surface area contributed by atoms with Crippen molar-refractivity contribution in [3.05, 3.63) is 47.8 Å². The van der Waals surface area contributed by atoms with E-state index < -0.39 is 17.3 Å². The number of aromatic nitrogens is 2. The molecule has 0 spiro atoms. The summed E-state index contributed by atoms with van der Waals surface area (Å²) in [6.45, 7) is 5.51. The van der Waals surface area contributed by atoms with Crippen molar-refractivity contribution in [1.82, 2.24) is 9.78 Å². The van der Waals surface area contributed by atoms with Gasteiger partial charge in [0.1, 0.15) is 5.69 Å². The van der Waals surface area contributed by atoms with Crippen LogP contribution in [0.15, 0.2) is 36.4 Å². The molecule has 2 rings (SSSR count). The van der Waals surface area contributed by atoms with E-state index in [4.69, 9.17) is 0 Å². The van der Waals surface area contributed by atoms with Crippen molar-refractivity contribution >= 4 is 0 Å². The molecule has 0 fully saturated rings. The van der Waals surface area contributed by atoms with Crippen LogP contribution >= 0.6 is 0 Å². The van der Waals surface area contributed by atoms with Crippen LogP contribution in [-0.4, -0.2) is 9.78 Å². The molecule has 2 nitrogen and oxygen atoms in total. The minimum atomic E-state index is -4.42. The van der Waals surface area contributed by atoms with Crippen LogP contribution in [0.4, 0.5) is 13.2 Å². The molecule has 102 valence electrons. The van der Waals surface area contributed by atoms with Gasteiger partial charge in [-0.2, -0.15) is 18.3 Å². The van der Waals surface area contributed by atoms with Crippen molar-refractivity contribution in [3.63, 3.8) is 0 Å². The number of alkyl halides is 3. The maximum absolute atomic E-state index is 13.1. The Kier molecular flexibility index (Phi) is 3.16. The normalized spacial score (nSPS) is 12.7. The van der Waals surface area contributed by atoms with Gasteiger partial charge in [0.25, 0.3) is 0 Å². The maximum atomic E-state index is 13.1. The van der Waals surface area contributed by atoms with Crippen LogP contribution in [0.3, 0.4) is 0 Å². The average molecular weight is 268 g/mol. The Balaban J connectivity index is 2.63. The lowest BCUT2D eigenvalue weighted by atomic mass is 9.92. The van der Waals surface area contributed by atoms with Crippen LogP contribution in [0, 0.1) is 0 Å². The average Bonchev–Trinajstić information content (AvgIpc) is 2.74. The maximum Gasteiger partial charge on any atom is 0.433 e. The standard InChI is InChI=1S/C14H15F3N2/c1-13(2,3)11-9-12(14(15,16)17)19(18-11)10-7-5-4-6-8-10/h4-9H,1-3H3. The first kappa shape index (κ1) is 13.6. The summed E-state index contributed by atoms with van der Waals surface area (Å²) in [4.78, 5) is 0. The molecule has 1 aromatic heterocycles. The van der Waals surface area contributed by atoms with Gasteiger partial charge < -0.3 is 0 Å². The van der Waals surface area contributed by atoms with Crippen molar-refractivity contribution in [1.29, 1.82) is 0 Å². The molecule has 0 bridgehead atoms. The monoisotopic (exact) mass is 268 g/mol. The molecule has 0 unspecified atom stereocenters. The summed E-state index contributed by atoms with van der Waals surface area (Å²) in [5.41, 5.74) is -0.349. The van der Waals surface area contributed by atoms with Gasteiger partial charge in [0.2, 0.25) is 0 Å². The van der Waals surface area contributed by atoms with Crippen LogP contribution in [0.25, 0.3) is 5.69 Å². The van der Waals surface area contributed by atoms with Crippen LogP contribution < -0.4 is 0 Å². The number of benzene rings is 1. The fraction of sp³-hybridized carbons (Fsp3) is 0.357. The third kappa shape index (κ3) is 2.80. The molecule has 19 heavy (non-hydrogen) atoms. The molecule has 0 aliphatic heterocycles. The minimum Gasteiger partial charge on any atom is -0.228 e. The van der Waals surface area contributed by atoms with E-state index in [0.29, 0.717) is 11.4 Å². The first-order valence-electron chi connectivity index (χ1n) is 5.93. The highest BCUT2D eigenvalue weighted by Gasteiger charge is 2.37. The quantitative estimate of drug-likeness (QED) is 0.758. The van der Waals surface area contributed by atoms with Crippen molar-refractivity contribution in [2.45, 2.75) is 32.4 Å². The Bertz CT molecular complexity index is 563. The van der Waals surface area contributed by atoms with E-state index in [2.05, 4.69) is 5.10 Å². The minimum absolute atomic E-state index is 0.408. The summed E-state index contributed by atoms with van der Waals surface area (Å²) < 4.78 is 40.2. The van der Waals surface area contributed by atoms with Crippen molar-refractivity contribution in [2.75, 3.05) is 0 Å². The van der Waals surface area contributed by atoms with Crippen LogP contribution in [-0.2, 0) is 11.6 Å². The zero-order valence-corrected chi connectivity index (χ0v) is 11.0. The molecule has 0 saturated carbocycles. The molecule has 0 aliphatic rings. The Morgan fingerprint density at radius 2 is 1.58 bits per heavy atom. The number of hydrogen-bond donors (Lipinski definition) is 0. The van der Waals surface area contributed by atoms with E-state index in [1.807, 2.05) is 20.8 Å². The van der Waals surface area contributed by atoms with Gasteiger partial charge in [0.15, 0.2) is 0 Å². The first-order valence-corrected chi connectivity index (χ1v) is 5.93. The third-order valence-electron chi connectivity index (χ3n) is 2.77. The highest BCUT2D eigenvalue weighted by molar-refractivity contribution is 5.35. The second-order valence-corrected chi connectivity index (χ2v) is 5.41. The Morgan fingerprint density at radius 1 is 1.00 bits per heavy atom. The molecular formula is C14H15F3N2. The number of halogens is 3. The van der Waals surface area contributed by atoms with Gasteiger partial charge in [-0.25, -0.2) is 4.68 Å². The molecule has 0 radical (unpaired) electrons. The zero-order valence-electron chi connectivity index (χ0n) is 11.0. The van der Waals surface area contributed by atoms with Gasteiger partial charge in [-0.05, 0) is 18.2 Å². The topological polar surface area (TPSA) is 17.8 Å². The summed E-state index contributed by atoms with van der Waals surface area (Å²) in [5.74, 6) is 0. The molecule has 2 aromatic rings. The molecule has 1 heterocycles. The molecule has 0 saturated heterocycles. The van der Waals surface area contributed by atoms with Gasteiger partial charge in [0.05, 0.1) is 11.4 Å². The number of hydrogen-bond acceptors (Lipinski definition) is 1. The lowest BCUT2D eigenvalue weighted by Gasteiger charge is -2.14. The van der Waals surface area contributed by atoms with Crippen molar-refractivity contribution < 1.29 is 13.2 Å². The number of rotatable bonds is 1. The zero-order chi connectivity index (χ0) is 14.3. The molecule has 0 aliphatic carbocycles. The second-order valence-electron chi connectivity index (χ2n) is 5.41. The van der Waals surface area contributed by atoms with Gasteiger partial charge >= 0.3 is 6.18 Å². The molecule has 5 heteroatoms. The Morgan fingerprint density at radius 3 is 2.05 bits per heavy atom. The summed E-state index contributed by atoms with van der Waals surface area (Å²) in [6.07, 6.45) is -4.42. The van der Waals surface area contributed by atoms with E-state index in [0.717, 1.165) is 10.7 Å². The summed E-state index contributed by atoms with van der Waals surface area (Å²) in [6, 6.07) is 9.46. The van der Waals surface area contributed by atoms with E-state index >= 15 is 0 Å². The summed E-state index contributed by atoms with van der Waals surface area (Å²) >= 11 is 0. The molecule has 0 amide bonds. The Hall–Kier alpha value is -1.78. The van der Waals surface area contributed by atoms with E-state index in [1.165, 1.54) is 0 Å². The first-order chi connectivity index (χ1) is 8.69. The molecule has 0 N–H and O–H groups in total. The summed E-state index contributed by atoms with van der Waals surface area (Å²) in [5, 5.41) is 4.11. The van der Waals surface area contributed by atoms with Crippen LogP contribution in [0.2, 0.25) is 0 Å². The van der Waals surface area contributed by atoms with Crippen molar-refractivity contribution in [2.24, 2.45) is 0 Å². The predicted octanol–water partition coefficient (Wildman–Crippen LogP) is 4.19. The van der Waals surface area contributed by atoms with Gasteiger partial charge in [-0.3, -0.25) is 0 Å². The highest BCUT2D eigenvalue weighted by atomic mass is 19.4. The molecule has 0 atom stereocenters. The van der Waals surface area contributed by atoms with E-state index in [1.54, 1.807) is 30.3 Å². The van der Waals surface area contributed by atoms with E-state index in [9.17, 15) is 13.2 Å². The highest BCUT2D eigenvalue weighted by Crippen LogP contribution is 2.34. The van der Waals surface area contributed by atoms with E-state index in [-0.39, 0.29) is 0 Å². The Labute approximate surface area is 109 Å². The molecular weight excluding hydrogens is 253 g/mol.